The van der Waals surface area contributed by atoms with Gasteiger partial charge in [-0.1, -0.05) is 16.8 Å². The summed E-state index contributed by atoms with van der Waals surface area (Å²) in [7, 11) is 0. The van der Waals surface area contributed by atoms with Crippen molar-refractivity contribution in [2.45, 2.75) is 18.9 Å². The molecule has 0 amide bonds. The van der Waals surface area contributed by atoms with Crippen LogP contribution >= 0.6 is 11.6 Å². The van der Waals surface area contributed by atoms with Crippen LogP contribution in [0.3, 0.4) is 0 Å². The largest absolute Gasteiger partial charge is 0.477 e. The Balaban J connectivity index is 1.52. The van der Waals surface area contributed by atoms with E-state index in [4.69, 9.17) is 20.9 Å². The summed E-state index contributed by atoms with van der Waals surface area (Å²) in [5.41, 5.74) is 0.765. The van der Waals surface area contributed by atoms with Crippen molar-refractivity contribution >= 4 is 23.4 Å². The summed E-state index contributed by atoms with van der Waals surface area (Å²) in [6, 6.07) is 7.41. The second kappa shape index (κ2) is 7.88. The second-order valence-electron chi connectivity index (χ2n) is 6.89. The maximum absolute atomic E-state index is 11.9. The molecule has 2 saturated heterocycles. The molecule has 1 N–H and O–H groups in total. The molecule has 1 aromatic heterocycles. The van der Waals surface area contributed by atoms with E-state index in [1.807, 2.05) is 4.90 Å². The Morgan fingerprint density at radius 3 is 2.41 bits per heavy atom. The van der Waals surface area contributed by atoms with Crippen molar-refractivity contribution < 1.29 is 19.2 Å². The third kappa shape index (κ3) is 3.81. The molecule has 0 saturated carbocycles. The number of halogens is 1. The number of anilines is 1. The monoisotopic (exact) mass is 391 g/mol. The third-order valence-corrected chi connectivity index (χ3v) is 5.57. The number of piperidine rings is 1. The van der Waals surface area contributed by atoms with E-state index < -0.39 is 5.97 Å². The molecule has 144 valence electrons. The molecule has 27 heavy (non-hydrogen) atoms. The van der Waals surface area contributed by atoms with Gasteiger partial charge < -0.3 is 19.3 Å². The zero-order valence-electron chi connectivity index (χ0n) is 14.9. The number of rotatable bonds is 4. The van der Waals surface area contributed by atoms with Gasteiger partial charge in [0.15, 0.2) is 17.1 Å². The number of carboxylic acids is 1. The molecular formula is C19H22ClN3O4. The first-order valence-electron chi connectivity index (χ1n) is 9.19. The molecular weight excluding hydrogens is 370 g/mol. The van der Waals surface area contributed by atoms with E-state index in [0.717, 1.165) is 52.2 Å². The van der Waals surface area contributed by atoms with Gasteiger partial charge in [0.25, 0.3) is 0 Å². The molecule has 1 aromatic carbocycles. The van der Waals surface area contributed by atoms with E-state index in [9.17, 15) is 9.90 Å². The molecule has 8 heteroatoms. The van der Waals surface area contributed by atoms with Crippen LogP contribution in [0.4, 0.5) is 5.82 Å². The maximum Gasteiger partial charge on any atom is 0.343 e. The Labute approximate surface area is 162 Å². The van der Waals surface area contributed by atoms with E-state index in [-0.39, 0.29) is 11.3 Å². The van der Waals surface area contributed by atoms with Crippen molar-refractivity contribution in [3.05, 3.63) is 34.9 Å². The first-order valence-corrected chi connectivity index (χ1v) is 9.57. The van der Waals surface area contributed by atoms with E-state index >= 15 is 0 Å². The fourth-order valence-electron chi connectivity index (χ4n) is 3.87. The number of carbonyl (C=O) groups is 1. The summed E-state index contributed by atoms with van der Waals surface area (Å²) < 4.78 is 10.9. The smallest absolute Gasteiger partial charge is 0.343 e. The van der Waals surface area contributed by atoms with Gasteiger partial charge in [-0.25, -0.2) is 4.79 Å². The molecule has 0 bridgehead atoms. The minimum Gasteiger partial charge on any atom is -0.477 e. The quantitative estimate of drug-likeness (QED) is 0.858. The number of aromatic carboxylic acids is 1. The van der Waals surface area contributed by atoms with E-state index in [0.29, 0.717) is 22.4 Å². The molecule has 3 heterocycles. The highest BCUT2D eigenvalue weighted by Gasteiger charge is 2.31. The van der Waals surface area contributed by atoms with Crippen LogP contribution in [0.25, 0.3) is 11.3 Å². The summed E-state index contributed by atoms with van der Waals surface area (Å²) in [6.45, 7) is 5.03. The van der Waals surface area contributed by atoms with Crippen LogP contribution in [-0.2, 0) is 4.74 Å². The first kappa shape index (κ1) is 18.3. The number of hydrogen-bond acceptors (Lipinski definition) is 6. The lowest BCUT2D eigenvalue weighted by atomic mass is 10.0. The van der Waals surface area contributed by atoms with Crippen LogP contribution in [0.1, 0.15) is 23.2 Å². The molecule has 0 aliphatic carbocycles. The predicted molar refractivity (Wildman–Crippen MR) is 102 cm³/mol. The maximum atomic E-state index is 11.9. The van der Waals surface area contributed by atoms with Crippen LogP contribution in [0, 0.1) is 0 Å². The molecule has 4 rings (SSSR count). The Kier molecular flexibility index (Phi) is 5.33. The van der Waals surface area contributed by atoms with Gasteiger partial charge >= 0.3 is 5.97 Å². The third-order valence-electron chi connectivity index (χ3n) is 5.32. The first-order chi connectivity index (χ1) is 13.1. The molecule has 7 nitrogen and oxygen atoms in total. The zero-order valence-corrected chi connectivity index (χ0v) is 15.7. The minimum absolute atomic E-state index is 0.113. The fraction of sp³-hybridized carbons (Fsp3) is 0.474. The molecule has 2 aliphatic rings. The Morgan fingerprint density at radius 2 is 1.78 bits per heavy atom. The number of ether oxygens (including phenoxy) is 1. The number of hydrogen-bond donors (Lipinski definition) is 1. The lowest BCUT2D eigenvalue weighted by molar-refractivity contribution is 0.0114. The summed E-state index contributed by atoms with van der Waals surface area (Å²) in [6.07, 6.45) is 1.95. The number of aromatic nitrogens is 1. The molecule has 0 unspecified atom stereocenters. The number of nitrogens with zero attached hydrogens (tertiary/aromatic N) is 3. The molecule has 2 aromatic rings. The van der Waals surface area contributed by atoms with Crippen molar-refractivity contribution in [3.8, 4) is 11.3 Å². The SMILES string of the molecule is O=C(O)c1c(N2CCC(N3CCOCC3)CC2)noc1-c1ccc(Cl)cc1. The van der Waals surface area contributed by atoms with Gasteiger partial charge in [0.1, 0.15) is 0 Å². The van der Waals surface area contributed by atoms with Crippen LogP contribution in [0.5, 0.6) is 0 Å². The summed E-state index contributed by atoms with van der Waals surface area (Å²) in [5, 5.41) is 14.4. The van der Waals surface area contributed by atoms with Crippen LogP contribution in [0.15, 0.2) is 28.8 Å². The van der Waals surface area contributed by atoms with Gasteiger partial charge in [0, 0.05) is 42.8 Å². The average molecular weight is 392 g/mol. The normalized spacial score (nSPS) is 19.4. The standard InChI is InChI=1S/C19H22ClN3O4/c20-14-3-1-13(2-4-14)17-16(19(24)25)18(21-27-17)23-7-5-15(6-8-23)22-9-11-26-12-10-22/h1-4,15H,5-12H2,(H,24,25). The Hall–Kier alpha value is -2.09. The highest BCUT2D eigenvalue weighted by atomic mass is 35.5. The van der Waals surface area contributed by atoms with Crippen LogP contribution in [0.2, 0.25) is 5.02 Å². The molecule has 0 atom stereocenters. The number of carboxylic acid groups (broad SMARTS) is 1. The van der Waals surface area contributed by atoms with Gasteiger partial charge in [-0.2, -0.15) is 0 Å². The molecule has 0 spiro atoms. The molecule has 2 fully saturated rings. The second-order valence-corrected chi connectivity index (χ2v) is 7.33. The zero-order chi connectivity index (χ0) is 18.8. The lowest BCUT2D eigenvalue weighted by Crippen LogP contribution is -2.49. The summed E-state index contributed by atoms with van der Waals surface area (Å²) >= 11 is 5.92. The van der Waals surface area contributed by atoms with Crippen molar-refractivity contribution in [1.29, 1.82) is 0 Å². The average Bonchev–Trinajstić information content (AvgIpc) is 3.15. The highest BCUT2D eigenvalue weighted by Crippen LogP contribution is 2.33. The molecule has 2 aliphatic heterocycles. The number of benzene rings is 1. The summed E-state index contributed by atoms with van der Waals surface area (Å²) in [5.74, 6) is -0.358. The predicted octanol–water partition coefficient (Wildman–Crippen LogP) is 2.99. The van der Waals surface area contributed by atoms with E-state index in [1.165, 1.54) is 0 Å². The topological polar surface area (TPSA) is 79.0 Å². The van der Waals surface area contributed by atoms with Crippen molar-refractivity contribution in [3.63, 3.8) is 0 Å². The van der Waals surface area contributed by atoms with Gasteiger partial charge in [-0.3, -0.25) is 4.90 Å². The highest BCUT2D eigenvalue weighted by molar-refractivity contribution is 6.30. The lowest BCUT2D eigenvalue weighted by Gasteiger charge is -2.40. The van der Waals surface area contributed by atoms with Gasteiger partial charge in [-0.05, 0) is 37.1 Å². The Bertz CT molecular complexity index is 794. The molecule has 0 radical (unpaired) electrons. The van der Waals surface area contributed by atoms with E-state index in [1.54, 1.807) is 24.3 Å². The van der Waals surface area contributed by atoms with Crippen molar-refractivity contribution in [2.75, 3.05) is 44.3 Å². The van der Waals surface area contributed by atoms with Crippen LogP contribution in [-0.4, -0.2) is 66.6 Å². The minimum atomic E-state index is -1.04. The van der Waals surface area contributed by atoms with E-state index in [2.05, 4.69) is 10.1 Å². The van der Waals surface area contributed by atoms with Gasteiger partial charge in [0.2, 0.25) is 0 Å². The van der Waals surface area contributed by atoms with Crippen LogP contribution < -0.4 is 4.90 Å². The van der Waals surface area contributed by atoms with Crippen molar-refractivity contribution in [2.24, 2.45) is 0 Å². The fourth-order valence-corrected chi connectivity index (χ4v) is 4.00. The van der Waals surface area contributed by atoms with Crippen molar-refractivity contribution in [1.82, 2.24) is 10.1 Å². The summed E-state index contributed by atoms with van der Waals surface area (Å²) in [4.78, 5) is 16.4. The Morgan fingerprint density at radius 1 is 1.11 bits per heavy atom. The van der Waals surface area contributed by atoms with Gasteiger partial charge in [-0.15, -0.1) is 0 Å². The van der Waals surface area contributed by atoms with Gasteiger partial charge in [0.05, 0.1) is 13.2 Å². The number of morpholine rings is 1.